The zero-order valence-corrected chi connectivity index (χ0v) is 11.9. The smallest absolute Gasteiger partial charge is 0.246 e. The van der Waals surface area contributed by atoms with Crippen molar-refractivity contribution in [1.29, 1.82) is 0 Å². The van der Waals surface area contributed by atoms with Crippen molar-refractivity contribution in [3.8, 4) is 0 Å². The molecule has 2 N–H and O–H groups in total. The van der Waals surface area contributed by atoms with Crippen LogP contribution >= 0.6 is 0 Å². The van der Waals surface area contributed by atoms with E-state index in [1.165, 1.54) is 10.5 Å². The Kier molecular flexibility index (Phi) is 3.25. The molecule has 0 radical (unpaired) electrons. The number of hydrogen-bond acceptors (Lipinski definition) is 4. The molecule has 1 aliphatic rings. The summed E-state index contributed by atoms with van der Waals surface area (Å²) in [5.41, 5.74) is 6.26. The van der Waals surface area contributed by atoms with Gasteiger partial charge in [0, 0.05) is 20.1 Å². The van der Waals surface area contributed by atoms with E-state index in [0.717, 1.165) is 6.42 Å². The molecule has 0 amide bonds. The van der Waals surface area contributed by atoms with Gasteiger partial charge in [0.2, 0.25) is 10.0 Å². The number of nitrogens with two attached hydrogens (primary N) is 1. The molecule has 1 aromatic rings. The number of aryl methyl sites for hydroxylation is 1. The molecule has 102 valence electrons. The van der Waals surface area contributed by atoms with Crippen molar-refractivity contribution in [2.75, 3.05) is 19.6 Å². The van der Waals surface area contributed by atoms with Gasteiger partial charge in [0.25, 0.3) is 0 Å². The summed E-state index contributed by atoms with van der Waals surface area (Å²) in [6.07, 6.45) is 2.23. The van der Waals surface area contributed by atoms with Crippen LogP contribution in [0, 0.1) is 12.3 Å². The van der Waals surface area contributed by atoms with Crippen molar-refractivity contribution in [1.82, 2.24) is 14.1 Å². The fourth-order valence-corrected chi connectivity index (χ4v) is 4.00. The Balaban J connectivity index is 2.32. The van der Waals surface area contributed by atoms with Crippen LogP contribution in [0.4, 0.5) is 0 Å². The van der Waals surface area contributed by atoms with Crippen LogP contribution < -0.4 is 5.73 Å². The van der Waals surface area contributed by atoms with Crippen LogP contribution in [0.2, 0.25) is 0 Å². The number of hydrogen-bond donors (Lipinski definition) is 1. The third kappa shape index (κ3) is 2.06. The van der Waals surface area contributed by atoms with Gasteiger partial charge >= 0.3 is 0 Å². The van der Waals surface area contributed by atoms with Crippen LogP contribution in [-0.2, 0) is 17.1 Å². The molecule has 1 atom stereocenters. The SMILES string of the molecule is Cc1c(S(=O)(=O)N2CCC(C)(CN)C2)cnn1C. The van der Waals surface area contributed by atoms with E-state index >= 15 is 0 Å². The second-order valence-corrected chi connectivity index (χ2v) is 7.23. The van der Waals surface area contributed by atoms with Gasteiger partial charge in [-0.2, -0.15) is 9.40 Å². The van der Waals surface area contributed by atoms with E-state index in [0.29, 0.717) is 30.2 Å². The maximum atomic E-state index is 12.5. The minimum atomic E-state index is -3.44. The monoisotopic (exact) mass is 272 g/mol. The number of aromatic nitrogens is 2. The van der Waals surface area contributed by atoms with Crippen LogP contribution in [0.15, 0.2) is 11.1 Å². The normalized spacial score (nSPS) is 25.8. The van der Waals surface area contributed by atoms with Crippen molar-refractivity contribution in [2.45, 2.75) is 25.2 Å². The lowest BCUT2D eigenvalue weighted by atomic mass is 9.90. The summed E-state index contributed by atoms with van der Waals surface area (Å²) in [7, 11) is -1.70. The lowest BCUT2D eigenvalue weighted by Crippen LogP contribution is -2.34. The Hall–Kier alpha value is -0.920. The molecular formula is C11H20N4O2S. The Morgan fingerprint density at radius 3 is 2.67 bits per heavy atom. The first-order valence-corrected chi connectivity index (χ1v) is 7.43. The fraction of sp³-hybridized carbons (Fsp3) is 0.727. The predicted octanol–water partition coefficient (Wildman–Crippen LogP) is 0.0879. The number of sulfonamides is 1. The zero-order valence-electron chi connectivity index (χ0n) is 11.0. The van der Waals surface area contributed by atoms with Crippen LogP contribution in [0.5, 0.6) is 0 Å². The van der Waals surface area contributed by atoms with Gasteiger partial charge in [-0.1, -0.05) is 6.92 Å². The summed E-state index contributed by atoms with van der Waals surface area (Å²) in [6.45, 7) is 5.31. The maximum absolute atomic E-state index is 12.5. The molecule has 6 nitrogen and oxygen atoms in total. The van der Waals surface area contributed by atoms with Gasteiger partial charge in [-0.25, -0.2) is 8.42 Å². The van der Waals surface area contributed by atoms with E-state index in [1.807, 2.05) is 6.92 Å². The van der Waals surface area contributed by atoms with Crippen molar-refractivity contribution in [3.63, 3.8) is 0 Å². The van der Waals surface area contributed by atoms with Crippen molar-refractivity contribution in [3.05, 3.63) is 11.9 Å². The highest BCUT2D eigenvalue weighted by molar-refractivity contribution is 7.89. The highest BCUT2D eigenvalue weighted by Crippen LogP contribution is 2.32. The van der Waals surface area contributed by atoms with Crippen LogP contribution in [-0.4, -0.2) is 42.1 Å². The number of nitrogens with zero attached hydrogens (tertiary/aromatic N) is 3. The van der Waals surface area contributed by atoms with Gasteiger partial charge in [-0.3, -0.25) is 4.68 Å². The summed E-state index contributed by atoms with van der Waals surface area (Å²) in [4.78, 5) is 0.297. The molecule has 1 aromatic heterocycles. The predicted molar refractivity (Wildman–Crippen MR) is 68.5 cm³/mol. The largest absolute Gasteiger partial charge is 0.330 e. The molecule has 1 fully saturated rings. The van der Waals surface area contributed by atoms with E-state index < -0.39 is 10.0 Å². The molecule has 2 rings (SSSR count). The first-order valence-electron chi connectivity index (χ1n) is 5.99. The van der Waals surface area contributed by atoms with Gasteiger partial charge in [-0.15, -0.1) is 0 Å². The van der Waals surface area contributed by atoms with Gasteiger partial charge in [-0.05, 0) is 25.3 Å². The molecule has 0 bridgehead atoms. The quantitative estimate of drug-likeness (QED) is 0.845. The Bertz CT molecular complexity index is 551. The zero-order chi connectivity index (χ0) is 13.6. The van der Waals surface area contributed by atoms with Gasteiger partial charge in [0.15, 0.2) is 0 Å². The average Bonchev–Trinajstić information content (AvgIpc) is 2.86. The van der Waals surface area contributed by atoms with Gasteiger partial charge in [0.1, 0.15) is 4.90 Å². The van der Waals surface area contributed by atoms with E-state index in [1.54, 1.807) is 18.7 Å². The van der Waals surface area contributed by atoms with Crippen LogP contribution in [0.25, 0.3) is 0 Å². The second-order valence-electron chi connectivity index (χ2n) is 5.32. The molecule has 0 spiro atoms. The lowest BCUT2D eigenvalue weighted by Gasteiger charge is -2.22. The van der Waals surface area contributed by atoms with Crippen LogP contribution in [0.3, 0.4) is 0 Å². The van der Waals surface area contributed by atoms with E-state index in [-0.39, 0.29) is 5.41 Å². The molecule has 0 aliphatic carbocycles. The molecule has 0 saturated carbocycles. The summed E-state index contributed by atoms with van der Waals surface area (Å²) in [5.74, 6) is 0. The maximum Gasteiger partial charge on any atom is 0.246 e. The Labute approximate surface area is 108 Å². The van der Waals surface area contributed by atoms with Crippen molar-refractivity contribution in [2.24, 2.45) is 18.2 Å². The molecule has 0 aromatic carbocycles. The van der Waals surface area contributed by atoms with Crippen LogP contribution in [0.1, 0.15) is 19.0 Å². The van der Waals surface area contributed by atoms with Gasteiger partial charge < -0.3 is 5.73 Å². The first-order chi connectivity index (χ1) is 8.30. The molecule has 7 heteroatoms. The standard InChI is InChI=1S/C11H20N4O2S/c1-9-10(6-13-14(9)3)18(16,17)15-5-4-11(2,7-12)8-15/h6H,4-5,7-8,12H2,1-3H3. The van der Waals surface area contributed by atoms with E-state index in [2.05, 4.69) is 5.10 Å². The number of rotatable bonds is 3. The topological polar surface area (TPSA) is 81.2 Å². The summed E-state index contributed by atoms with van der Waals surface area (Å²) >= 11 is 0. The second kappa shape index (κ2) is 4.32. The third-order valence-electron chi connectivity index (χ3n) is 3.82. The Morgan fingerprint density at radius 1 is 1.56 bits per heavy atom. The van der Waals surface area contributed by atoms with Gasteiger partial charge in [0.05, 0.1) is 11.9 Å². The molecular weight excluding hydrogens is 252 g/mol. The molecule has 1 saturated heterocycles. The first kappa shape index (κ1) is 13.5. The summed E-state index contributed by atoms with van der Waals surface area (Å²) < 4.78 is 28.1. The highest BCUT2D eigenvalue weighted by atomic mass is 32.2. The minimum Gasteiger partial charge on any atom is -0.330 e. The molecule has 18 heavy (non-hydrogen) atoms. The minimum absolute atomic E-state index is 0.108. The summed E-state index contributed by atoms with van der Waals surface area (Å²) in [6, 6.07) is 0. The molecule has 1 aliphatic heterocycles. The average molecular weight is 272 g/mol. The van der Waals surface area contributed by atoms with E-state index in [4.69, 9.17) is 5.73 Å². The lowest BCUT2D eigenvalue weighted by molar-refractivity contribution is 0.349. The molecule has 1 unspecified atom stereocenters. The van der Waals surface area contributed by atoms with E-state index in [9.17, 15) is 8.42 Å². The fourth-order valence-electron chi connectivity index (χ4n) is 2.22. The van der Waals surface area contributed by atoms with Crippen molar-refractivity contribution >= 4 is 10.0 Å². The Morgan fingerprint density at radius 2 is 2.22 bits per heavy atom. The highest BCUT2D eigenvalue weighted by Gasteiger charge is 2.39. The third-order valence-corrected chi connectivity index (χ3v) is 5.77. The molecule has 2 heterocycles. The summed E-state index contributed by atoms with van der Waals surface area (Å²) in [5, 5.41) is 4.00. The van der Waals surface area contributed by atoms with Crippen molar-refractivity contribution < 1.29 is 8.42 Å².